The number of hydrogen-bond donors (Lipinski definition) is 1. The molecule has 0 fully saturated rings. The Hall–Kier alpha value is -1.17. The van der Waals surface area contributed by atoms with Crippen molar-refractivity contribution in [2.24, 2.45) is 0 Å². The van der Waals surface area contributed by atoms with E-state index in [0.717, 1.165) is 10.7 Å². The molecule has 0 aliphatic heterocycles. The number of para-hydroxylation sites is 1. The summed E-state index contributed by atoms with van der Waals surface area (Å²) in [5.74, 6) is 0. The van der Waals surface area contributed by atoms with E-state index in [1.165, 1.54) is 11.3 Å². The van der Waals surface area contributed by atoms with Gasteiger partial charge in [-0.1, -0.05) is 35.1 Å². The largest absolute Gasteiger partial charge is 0.374 e. The van der Waals surface area contributed by atoms with Gasteiger partial charge in [0.05, 0.1) is 10.7 Å². The van der Waals surface area contributed by atoms with Crippen LogP contribution in [0.3, 0.4) is 0 Å². The van der Waals surface area contributed by atoms with Crippen molar-refractivity contribution in [2.75, 3.05) is 12.4 Å². The van der Waals surface area contributed by atoms with Gasteiger partial charge in [-0.25, -0.2) is 0 Å². The van der Waals surface area contributed by atoms with Crippen molar-refractivity contribution in [3.05, 3.63) is 34.3 Å². The first-order valence-corrected chi connectivity index (χ1v) is 6.28. The van der Waals surface area contributed by atoms with Crippen LogP contribution in [0.5, 0.6) is 0 Å². The minimum absolute atomic E-state index is 0.0469. The van der Waals surface area contributed by atoms with Crippen LogP contribution >= 0.6 is 22.9 Å². The van der Waals surface area contributed by atoms with E-state index in [0.29, 0.717) is 10.2 Å². The van der Waals surface area contributed by atoms with E-state index in [9.17, 15) is 0 Å². The molecule has 1 N–H and O–H groups in total. The van der Waals surface area contributed by atoms with Crippen molar-refractivity contribution in [2.45, 2.75) is 13.0 Å². The van der Waals surface area contributed by atoms with Crippen molar-refractivity contribution in [3.8, 4) is 0 Å². The van der Waals surface area contributed by atoms with Gasteiger partial charge in [0.25, 0.3) is 0 Å². The van der Waals surface area contributed by atoms with Gasteiger partial charge in [-0.05, 0) is 19.1 Å². The molecule has 0 aliphatic carbocycles. The number of nitrogens with zero attached hydrogens (tertiary/aromatic N) is 2. The van der Waals surface area contributed by atoms with Crippen molar-refractivity contribution in [1.82, 2.24) is 10.2 Å². The Morgan fingerprint density at radius 3 is 2.82 bits per heavy atom. The molecular weight excluding hydrogens is 258 g/mol. The molecule has 1 atom stereocenters. The lowest BCUT2D eigenvalue weighted by Gasteiger charge is -2.04. The lowest BCUT2D eigenvalue weighted by molar-refractivity contribution is 0.118. The van der Waals surface area contributed by atoms with Crippen molar-refractivity contribution in [1.29, 1.82) is 0 Å². The van der Waals surface area contributed by atoms with Crippen LogP contribution in [-0.4, -0.2) is 17.3 Å². The molecule has 2 rings (SSSR count). The third-order valence-corrected chi connectivity index (χ3v) is 3.59. The zero-order valence-electron chi connectivity index (χ0n) is 9.48. The summed E-state index contributed by atoms with van der Waals surface area (Å²) >= 11 is 7.49. The van der Waals surface area contributed by atoms with Gasteiger partial charge >= 0.3 is 0 Å². The molecule has 2 aromatic rings. The molecule has 6 heteroatoms. The molecule has 0 amide bonds. The molecule has 0 saturated heterocycles. The Kier molecular flexibility index (Phi) is 3.93. The third-order valence-electron chi connectivity index (χ3n) is 2.26. The quantitative estimate of drug-likeness (QED) is 0.920. The second-order valence-corrected chi connectivity index (χ2v) is 4.84. The van der Waals surface area contributed by atoms with Crippen molar-refractivity contribution < 1.29 is 4.74 Å². The van der Waals surface area contributed by atoms with E-state index >= 15 is 0 Å². The molecule has 0 aliphatic rings. The van der Waals surface area contributed by atoms with E-state index in [1.807, 2.05) is 31.2 Å². The standard InChI is InChI=1S/C11H12ClN3OS/c1-7(16-2)10-14-15-11(17-10)13-9-6-4-3-5-8(9)12/h3-7H,1-2H3,(H,13,15). The van der Waals surface area contributed by atoms with Gasteiger partial charge < -0.3 is 10.1 Å². The number of aromatic nitrogens is 2. The van der Waals surface area contributed by atoms with E-state index < -0.39 is 0 Å². The molecule has 1 aromatic heterocycles. The molecule has 1 heterocycles. The Bertz CT molecular complexity index is 503. The minimum atomic E-state index is -0.0469. The second kappa shape index (κ2) is 5.44. The number of halogens is 1. The number of rotatable bonds is 4. The fourth-order valence-electron chi connectivity index (χ4n) is 1.23. The van der Waals surface area contributed by atoms with E-state index in [-0.39, 0.29) is 6.10 Å². The molecule has 1 unspecified atom stereocenters. The Labute approximate surface area is 109 Å². The maximum absolute atomic E-state index is 6.04. The molecular formula is C11H12ClN3OS. The highest BCUT2D eigenvalue weighted by atomic mass is 35.5. The maximum atomic E-state index is 6.04. The SMILES string of the molecule is COC(C)c1nnc(Nc2ccccc2Cl)s1. The number of anilines is 2. The number of benzene rings is 1. The van der Waals surface area contributed by atoms with E-state index in [4.69, 9.17) is 16.3 Å². The summed E-state index contributed by atoms with van der Waals surface area (Å²) in [5.41, 5.74) is 0.821. The lowest BCUT2D eigenvalue weighted by Crippen LogP contribution is -1.93. The van der Waals surface area contributed by atoms with Crippen LogP contribution in [0.4, 0.5) is 10.8 Å². The molecule has 0 bridgehead atoms. The number of ether oxygens (including phenoxy) is 1. The second-order valence-electron chi connectivity index (χ2n) is 3.43. The van der Waals surface area contributed by atoms with Gasteiger partial charge in [-0.3, -0.25) is 0 Å². The van der Waals surface area contributed by atoms with Crippen LogP contribution < -0.4 is 5.32 Å². The van der Waals surface area contributed by atoms with Crippen molar-refractivity contribution >= 4 is 33.8 Å². The molecule has 90 valence electrons. The Balaban J connectivity index is 2.14. The predicted octanol–water partition coefficient (Wildman–Crippen LogP) is 3.64. The number of hydrogen-bond acceptors (Lipinski definition) is 5. The van der Waals surface area contributed by atoms with Crippen LogP contribution in [0.2, 0.25) is 5.02 Å². The molecule has 4 nitrogen and oxygen atoms in total. The first kappa shape index (κ1) is 12.3. The average molecular weight is 270 g/mol. The summed E-state index contributed by atoms with van der Waals surface area (Å²) in [6.07, 6.45) is -0.0469. The Morgan fingerprint density at radius 2 is 2.12 bits per heavy atom. The summed E-state index contributed by atoms with van der Waals surface area (Å²) in [7, 11) is 1.65. The van der Waals surface area contributed by atoms with Crippen LogP contribution in [-0.2, 0) is 4.74 Å². The van der Waals surface area contributed by atoms with Crippen LogP contribution in [0, 0.1) is 0 Å². The summed E-state index contributed by atoms with van der Waals surface area (Å²) < 4.78 is 5.18. The van der Waals surface area contributed by atoms with Gasteiger partial charge in [-0.15, -0.1) is 10.2 Å². The lowest BCUT2D eigenvalue weighted by atomic mass is 10.3. The summed E-state index contributed by atoms with van der Waals surface area (Å²) in [5, 5.41) is 13.4. The highest BCUT2D eigenvalue weighted by Gasteiger charge is 2.11. The third kappa shape index (κ3) is 2.94. The highest BCUT2D eigenvalue weighted by Crippen LogP contribution is 2.28. The fourth-order valence-corrected chi connectivity index (χ4v) is 2.20. The fraction of sp³-hybridized carbons (Fsp3) is 0.273. The average Bonchev–Trinajstić information content (AvgIpc) is 2.80. The molecule has 0 saturated carbocycles. The van der Waals surface area contributed by atoms with E-state index in [1.54, 1.807) is 7.11 Å². The van der Waals surface area contributed by atoms with Crippen molar-refractivity contribution in [3.63, 3.8) is 0 Å². The first-order valence-electron chi connectivity index (χ1n) is 5.08. The van der Waals surface area contributed by atoms with Gasteiger partial charge in [-0.2, -0.15) is 0 Å². The van der Waals surface area contributed by atoms with Gasteiger partial charge in [0.2, 0.25) is 5.13 Å². The zero-order valence-corrected chi connectivity index (χ0v) is 11.0. The smallest absolute Gasteiger partial charge is 0.210 e. The normalized spacial score (nSPS) is 12.4. The first-order chi connectivity index (χ1) is 8.20. The molecule has 1 aromatic carbocycles. The highest BCUT2D eigenvalue weighted by molar-refractivity contribution is 7.15. The zero-order chi connectivity index (χ0) is 12.3. The predicted molar refractivity (Wildman–Crippen MR) is 70.1 cm³/mol. The minimum Gasteiger partial charge on any atom is -0.374 e. The number of methoxy groups -OCH3 is 1. The topological polar surface area (TPSA) is 47.0 Å². The van der Waals surface area contributed by atoms with Crippen LogP contribution in [0.15, 0.2) is 24.3 Å². The summed E-state index contributed by atoms with van der Waals surface area (Å²) in [6.45, 7) is 1.93. The molecule has 0 spiro atoms. The molecule has 0 radical (unpaired) electrons. The maximum Gasteiger partial charge on any atom is 0.210 e. The van der Waals surface area contributed by atoms with Gasteiger partial charge in [0.1, 0.15) is 11.1 Å². The van der Waals surface area contributed by atoms with E-state index in [2.05, 4.69) is 15.5 Å². The summed E-state index contributed by atoms with van der Waals surface area (Å²) in [4.78, 5) is 0. The van der Waals surface area contributed by atoms with Crippen LogP contribution in [0.25, 0.3) is 0 Å². The number of nitrogens with one attached hydrogen (secondary N) is 1. The monoisotopic (exact) mass is 269 g/mol. The summed E-state index contributed by atoms with van der Waals surface area (Å²) in [6, 6.07) is 7.51. The van der Waals surface area contributed by atoms with Gasteiger partial charge in [0.15, 0.2) is 0 Å². The van der Waals surface area contributed by atoms with Crippen LogP contribution in [0.1, 0.15) is 18.0 Å². The van der Waals surface area contributed by atoms with Gasteiger partial charge in [0, 0.05) is 7.11 Å². The molecule has 17 heavy (non-hydrogen) atoms. The Morgan fingerprint density at radius 1 is 1.35 bits per heavy atom.